The van der Waals surface area contributed by atoms with Crippen molar-refractivity contribution in [2.75, 3.05) is 17.7 Å². The van der Waals surface area contributed by atoms with Gasteiger partial charge in [-0.05, 0) is 84.7 Å². The van der Waals surface area contributed by atoms with Crippen molar-refractivity contribution in [1.82, 2.24) is 21.3 Å². The molecular formula is C49H56N8O11. The highest BCUT2D eigenvalue weighted by Gasteiger charge is 2.45. The number of rotatable bonds is 20. The normalized spacial score (nSPS) is 15.4. The third-order valence-electron chi connectivity index (χ3n) is 12.4. The molecule has 0 unspecified atom stereocenters. The van der Waals surface area contributed by atoms with Gasteiger partial charge in [0.05, 0.1) is 23.4 Å². The maximum atomic E-state index is 14.6. The number of aliphatic carboxylic acids is 1. The van der Waals surface area contributed by atoms with Crippen LogP contribution in [0.2, 0.25) is 0 Å². The molecule has 0 spiro atoms. The summed E-state index contributed by atoms with van der Waals surface area (Å²) in [7, 11) is 0. The lowest BCUT2D eigenvalue weighted by Gasteiger charge is -2.39. The molecule has 19 heteroatoms. The molecule has 19 nitrogen and oxygen atoms in total. The highest BCUT2D eigenvalue weighted by atomic mass is 16.5. The van der Waals surface area contributed by atoms with Gasteiger partial charge in [0.15, 0.2) is 0 Å². The Labute approximate surface area is 391 Å². The number of nitrogen functional groups attached to an aromatic ring is 1. The number of fused-ring (bicyclic) bond motifs is 3. The third-order valence-corrected chi connectivity index (χ3v) is 12.4. The molecule has 4 aromatic carbocycles. The van der Waals surface area contributed by atoms with Crippen LogP contribution >= 0.6 is 0 Å². The molecule has 3 atom stereocenters. The van der Waals surface area contributed by atoms with Crippen molar-refractivity contribution in [2.24, 2.45) is 11.5 Å². The fraction of sp³-hybridized carbons (Fsp3) is 0.347. The van der Waals surface area contributed by atoms with E-state index in [9.17, 15) is 48.6 Å². The summed E-state index contributed by atoms with van der Waals surface area (Å²) < 4.78 is 5.72. The fourth-order valence-corrected chi connectivity index (χ4v) is 8.78. The van der Waals surface area contributed by atoms with Gasteiger partial charge >= 0.3 is 12.1 Å². The number of amides is 7. The predicted molar refractivity (Wildman–Crippen MR) is 250 cm³/mol. The van der Waals surface area contributed by atoms with E-state index in [2.05, 4.69) is 26.6 Å². The zero-order valence-electron chi connectivity index (χ0n) is 37.5. The number of benzene rings is 4. The SMILES string of the molecule is C[C@@](CCCC(=O)O)(NC(=O)c1ccccc1NC(=O)OCC1c2ccccc2-c2ccccc21)C(=O)N[C@@H](Cc1ccc(O)c(N)c1)C(=O)NC1(C(=O)N[C@@H](CC(N)=O)C(N)=O)CCCCC1. The maximum Gasteiger partial charge on any atom is 0.411 e. The van der Waals surface area contributed by atoms with Crippen molar-refractivity contribution in [3.05, 3.63) is 113 Å². The summed E-state index contributed by atoms with van der Waals surface area (Å²) >= 11 is 0. The number of phenols is 1. The first kappa shape index (κ1) is 49.5. The molecule has 0 aliphatic heterocycles. The molecule has 68 heavy (non-hydrogen) atoms. The van der Waals surface area contributed by atoms with Crippen molar-refractivity contribution >= 4 is 58.9 Å². The third kappa shape index (κ3) is 11.9. The topological polar surface area (TPSA) is 324 Å². The van der Waals surface area contributed by atoms with E-state index < -0.39 is 77.1 Å². The molecule has 0 bridgehead atoms. The van der Waals surface area contributed by atoms with Gasteiger partial charge in [-0.25, -0.2) is 4.79 Å². The number of anilines is 2. The molecule has 0 radical (unpaired) electrons. The van der Waals surface area contributed by atoms with Crippen molar-refractivity contribution < 1.29 is 53.3 Å². The molecule has 2 aliphatic rings. The monoisotopic (exact) mass is 932 g/mol. The Bertz CT molecular complexity index is 2550. The van der Waals surface area contributed by atoms with Crippen LogP contribution in [0.3, 0.4) is 0 Å². The predicted octanol–water partition coefficient (Wildman–Crippen LogP) is 3.47. The largest absolute Gasteiger partial charge is 0.506 e. The van der Waals surface area contributed by atoms with Gasteiger partial charge in [0.1, 0.15) is 35.5 Å². The smallest absolute Gasteiger partial charge is 0.411 e. The minimum absolute atomic E-state index is 0.00347. The lowest BCUT2D eigenvalue weighted by Crippen LogP contribution is -2.66. The fourth-order valence-electron chi connectivity index (χ4n) is 8.78. The van der Waals surface area contributed by atoms with Crippen LogP contribution in [0.15, 0.2) is 91.0 Å². The highest BCUT2D eigenvalue weighted by Crippen LogP contribution is 2.44. The number of para-hydroxylation sites is 1. The van der Waals surface area contributed by atoms with Crippen LogP contribution in [0, 0.1) is 0 Å². The molecule has 7 amide bonds. The standard InChI is InChI=1S/C49H56N8O11/c1-48(21-11-18-41(60)61,56-43(63)33-16-7-8-17-36(33)55-47(67)68-27-34-31-14-5-3-12-29(31)30-13-4-6-15-32(30)34)45(65)54-38(25-28-19-20-39(58)35(50)24-28)44(64)57-49(22-9-2-10-23-49)46(66)53-37(42(52)62)26-40(51)59/h3-8,12-17,19-20,24,34,37-38,58H,2,9-11,18,21-23,25-27,50H2,1H3,(H2,51,59)(H2,52,62)(H,53,66)(H,54,65)(H,55,67)(H,56,63)(H,57,64)(H,60,61)/t37-,38-,48-/m0/s1. The highest BCUT2D eigenvalue weighted by molar-refractivity contribution is 6.05. The summed E-state index contributed by atoms with van der Waals surface area (Å²) in [6, 6.07) is 22.9. The van der Waals surface area contributed by atoms with Gasteiger partial charge in [0.2, 0.25) is 29.5 Å². The first-order valence-corrected chi connectivity index (χ1v) is 22.2. The summed E-state index contributed by atoms with van der Waals surface area (Å²) in [6.45, 7) is 1.35. The van der Waals surface area contributed by atoms with E-state index in [1.54, 1.807) is 12.1 Å². The molecular weight excluding hydrogens is 877 g/mol. The Morgan fingerprint density at radius 2 is 1.46 bits per heavy atom. The van der Waals surface area contributed by atoms with Crippen LogP contribution in [0.5, 0.6) is 5.75 Å². The van der Waals surface area contributed by atoms with Crippen LogP contribution in [-0.4, -0.2) is 87.5 Å². The molecule has 0 aromatic heterocycles. The molecule has 4 aromatic rings. The number of carbonyl (C=O) groups excluding carboxylic acids is 7. The summed E-state index contributed by atoms with van der Waals surface area (Å²) in [4.78, 5) is 106. The molecule has 358 valence electrons. The summed E-state index contributed by atoms with van der Waals surface area (Å²) in [5, 5.41) is 32.9. The average Bonchev–Trinajstić information content (AvgIpc) is 3.62. The Balaban J connectivity index is 1.23. The molecule has 1 fully saturated rings. The molecule has 0 heterocycles. The van der Waals surface area contributed by atoms with E-state index in [0.29, 0.717) is 18.4 Å². The second-order valence-electron chi connectivity index (χ2n) is 17.4. The number of hydrogen-bond donors (Lipinski definition) is 10. The Morgan fingerprint density at radius 1 is 0.824 bits per heavy atom. The number of nitrogens with two attached hydrogens (primary N) is 3. The lowest BCUT2D eigenvalue weighted by molar-refractivity contribution is -0.139. The summed E-state index contributed by atoms with van der Waals surface area (Å²) in [6.07, 6.45) is -0.473. The van der Waals surface area contributed by atoms with E-state index in [0.717, 1.165) is 28.7 Å². The number of hydrogen-bond acceptors (Lipinski definition) is 11. The zero-order valence-corrected chi connectivity index (χ0v) is 37.5. The van der Waals surface area contributed by atoms with Gasteiger partial charge < -0.3 is 53.4 Å². The molecule has 6 rings (SSSR count). The maximum absolute atomic E-state index is 14.6. The number of carboxylic acids is 1. The van der Waals surface area contributed by atoms with E-state index in [1.165, 1.54) is 37.3 Å². The molecule has 1 saturated carbocycles. The van der Waals surface area contributed by atoms with Gasteiger partial charge in [-0.1, -0.05) is 86.0 Å². The van der Waals surface area contributed by atoms with E-state index in [4.69, 9.17) is 21.9 Å². The lowest BCUT2D eigenvalue weighted by atomic mass is 9.80. The Kier molecular flexibility index (Phi) is 15.7. The number of carbonyl (C=O) groups is 8. The van der Waals surface area contributed by atoms with Gasteiger partial charge in [-0.15, -0.1) is 0 Å². The second kappa shape index (κ2) is 21.6. The van der Waals surface area contributed by atoms with E-state index in [1.807, 2.05) is 48.5 Å². The van der Waals surface area contributed by atoms with Crippen molar-refractivity contribution in [3.63, 3.8) is 0 Å². The van der Waals surface area contributed by atoms with Crippen LogP contribution in [-0.2, 0) is 39.9 Å². The average molecular weight is 933 g/mol. The first-order valence-electron chi connectivity index (χ1n) is 22.2. The number of carboxylic acid groups (broad SMARTS) is 1. The van der Waals surface area contributed by atoms with E-state index >= 15 is 0 Å². The number of ether oxygens (including phenoxy) is 1. The van der Waals surface area contributed by atoms with Gasteiger partial charge in [0.25, 0.3) is 5.91 Å². The van der Waals surface area contributed by atoms with Gasteiger partial charge in [0, 0.05) is 18.8 Å². The van der Waals surface area contributed by atoms with Crippen LogP contribution in [0.25, 0.3) is 11.1 Å². The number of phenolic OH excluding ortho intramolecular Hbond substituents is 1. The number of nitrogens with one attached hydrogen (secondary N) is 5. The minimum atomic E-state index is -1.90. The molecule has 2 aliphatic carbocycles. The van der Waals surface area contributed by atoms with Crippen LogP contribution < -0.4 is 43.8 Å². The quantitative estimate of drug-likeness (QED) is 0.0450. The minimum Gasteiger partial charge on any atom is -0.506 e. The zero-order chi connectivity index (χ0) is 49.2. The number of primary amides is 2. The Morgan fingerprint density at radius 3 is 2.07 bits per heavy atom. The van der Waals surface area contributed by atoms with Crippen molar-refractivity contribution in [2.45, 2.75) is 100 Å². The van der Waals surface area contributed by atoms with E-state index in [-0.39, 0.29) is 73.7 Å². The first-order chi connectivity index (χ1) is 32.4. The van der Waals surface area contributed by atoms with Gasteiger partial charge in [-0.3, -0.25) is 38.9 Å². The number of aromatic hydroxyl groups is 1. The van der Waals surface area contributed by atoms with Gasteiger partial charge in [-0.2, -0.15) is 0 Å². The second-order valence-corrected chi connectivity index (χ2v) is 17.4. The van der Waals surface area contributed by atoms with Crippen LogP contribution in [0.1, 0.15) is 97.7 Å². The van der Waals surface area contributed by atoms with Crippen molar-refractivity contribution in [3.8, 4) is 16.9 Å². The molecule has 0 saturated heterocycles. The summed E-state index contributed by atoms with van der Waals surface area (Å²) in [5.41, 5.74) is 17.6. The summed E-state index contributed by atoms with van der Waals surface area (Å²) in [5.74, 6) is -6.97. The van der Waals surface area contributed by atoms with Crippen molar-refractivity contribution in [1.29, 1.82) is 0 Å². The molecule has 13 N–H and O–H groups in total. The van der Waals surface area contributed by atoms with Crippen LogP contribution in [0.4, 0.5) is 16.2 Å². The Hall–Kier alpha value is -7.96.